The molecule has 0 bridgehead atoms. The van der Waals surface area contributed by atoms with Crippen molar-refractivity contribution in [2.75, 3.05) is 0 Å². The number of carbonyl (C=O) groups is 1. The molecule has 3 nitrogen and oxygen atoms in total. The van der Waals surface area contributed by atoms with Crippen molar-refractivity contribution in [1.29, 1.82) is 0 Å². The zero-order chi connectivity index (χ0) is 12.6. The molecule has 3 N–H and O–H groups in total. The van der Waals surface area contributed by atoms with Crippen LogP contribution in [-0.2, 0) is 10.3 Å². The van der Waals surface area contributed by atoms with Gasteiger partial charge in [0, 0.05) is 3.57 Å². The van der Waals surface area contributed by atoms with E-state index in [1.165, 1.54) is 12.1 Å². The smallest absolute Gasteiger partial charge is 0.421 e. The number of benzene rings is 1. The minimum Gasteiger partial charge on any atom is -0.479 e. The maximum atomic E-state index is 12.6. The van der Waals surface area contributed by atoms with Crippen molar-refractivity contribution in [3.63, 3.8) is 0 Å². The summed E-state index contributed by atoms with van der Waals surface area (Å²) in [6.45, 7) is 0. The van der Waals surface area contributed by atoms with E-state index in [-0.39, 0.29) is 0 Å². The lowest BCUT2D eigenvalue weighted by Gasteiger charge is -2.27. The summed E-state index contributed by atoms with van der Waals surface area (Å²) in [7, 11) is 0. The van der Waals surface area contributed by atoms with Crippen LogP contribution in [0.3, 0.4) is 0 Å². The largest absolute Gasteiger partial charge is 0.479 e. The summed E-state index contributed by atoms with van der Waals surface area (Å²) in [4.78, 5) is 10.7. The van der Waals surface area contributed by atoms with Crippen LogP contribution in [0.5, 0.6) is 0 Å². The molecule has 16 heavy (non-hydrogen) atoms. The number of aliphatic carboxylic acids is 1. The Morgan fingerprint density at radius 2 is 1.69 bits per heavy atom. The molecular formula is C9H7F3INO2. The highest BCUT2D eigenvalue weighted by atomic mass is 127. The van der Waals surface area contributed by atoms with Crippen LogP contribution < -0.4 is 5.73 Å². The average molecular weight is 345 g/mol. The molecular weight excluding hydrogens is 338 g/mol. The van der Waals surface area contributed by atoms with Gasteiger partial charge in [0.2, 0.25) is 5.54 Å². The number of rotatable bonds is 2. The number of hydrogen-bond donors (Lipinski definition) is 2. The fourth-order valence-electron chi connectivity index (χ4n) is 1.12. The monoisotopic (exact) mass is 345 g/mol. The molecule has 1 rings (SSSR count). The van der Waals surface area contributed by atoms with Crippen LogP contribution >= 0.6 is 22.6 Å². The molecule has 0 fully saturated rings. The van der Waals surface area contributed by atoms with Crippen molar-refractivity contribution in [1.82, 2.24) is 0 Å². The average Bonchev–Trinajstić information content (AvgIpc) is 2.15. The van der Waals surface area contributed by atoms with Gasteiger partial charge in [-0.2, -0.15) is 13.2 Å². The van der Waals surface area contributed by atoms with Crippen LogP contribution in [0.1, 0.15) is 5.56 Å². The van der Waals surface area contributed by atoms with Gasteiger partial charge in [0.15, 0.2) is 0 Å². The first-order chi connectivity index (χ1) is 7.19. The molecule has 1 atom stereocenters. The molecule has 7 heteroatoms. The molecule has 0 aliphatic heterocycles. The summed E-state index contributed by atoms with van der Waals surface area (Å²) in [5, 5.41) is 8.64. The molecule has 0 aliphatic rings. The van der Waals surface area contributed by atoms with E-state index in [0.29, 0.717) is 3.57 Å². The third-order valence-electron chi connectivity index (χ3n) is 2.08. The summed E-state index contributed by atoms with van der Waals surface area (Å²) < 4.78 is 38.6. The van der Waals surface area contributed by atoms with Gasteiger partial charge in [-0.25, -0.2) is 4.79 Å². The third-order valence-corrected chi connectivity index (χ3v) is 2.80. The molecule has 88 valence electrons. The molecule has 0 saturated carbocycles. The van der Waals surface area contributed by atoms with E-state index < -0.39 is 23.2 Å². The second-order valence-electron chi connectivity index (χ2n) is 3.12. The van der Waals surface area contributed by atoms with Crippen LogP contribution in [-0.4, -0.2) is 17.3 Å². The number of nitrogens with two attached hydrogens (primary N) is 1. The van der Waals surface area contributed by atoms with Crippen molar-refractivity contribution in [2.45, 2.75) is 11.7 Å². The van der Waals surface area contributed by atoms with Gasteiger partial charge in [0.25, 0.3) is 0 Å². The Balaban J connectivity index is 3.34. The zero-order valence-electron chi connectivity index (χ0n) is 7.75. The Morgan fingerprint density at radius 3 is 2.00 bits per heavy atom. The van der Waals surface area contributed by atoms with E-state index in [4.69, 9.17) is 10.8 Å². The highest BCUT2D eigenvalue weighted by Gasteiger charge is 2.59. The molecule has 0 aromatic heterocycles. The number of alkyl halides is 3. The summed E-state index contributed by atoms with van der Waals surface area (Å²) in [5.41, 5.74) is 1.11. The van der Waals surface area contributed by atoms with Crippen LogP contribution in [0.2, 0.25) is 0 Å². The first-order valence-electron chi connectivity index (χ1n) is 4.04. The fraction of sp³-hybridized carbons (Fsp3) is 0.222. The molecule has 0 unspecified atom stereocenters. The standard InChI is InChI=1S/C9H7F3INO2/c10-9(11,12)8(14,7(15)16)5-1-3-6(13)4-2-5/h1-4H,14H2,(H,15,16)/t8-/m0/s1. The van der Waals surface area contributed by atoms with Crippen LogP contribution in [0, 0.1) is 3.57 Å². The molecule has 1 aromatic carbocycles. The zero-order valence-corrected chi connectivity index (χ0v) is 9.91. The lowest BCUT2D eigenvalue weighted by molar-refractivity contribution is -0.204. The maximum Gasteiger partial charge on any atom is 0.421 e. The minimum absolute atomic E-state index is 0.493. The minimum atomic E-state index is -5.05. The number of halogens is 4. The van der Waals surface area contributed by atoms with E-state index in [0.717, 1.165) is 12.1 Å². The van der Waals surface area contributed by atoms with Crippen molar-refractivity contribution in [3.05, 3.63) is 33.4 Å². The third kappa shape index (κ3) is 2.14. The van der Waals surface area contributed by atoms with Crippen LogP contribution in [0.4, 0.5) is 13.2 Å². The Bertz CT molecular complexity index is 404. The molecule has 0 heterocycles. The molecule has 0 saturated heterocycles. The first kappa shape index (κ1) is 13.2. The van der Waals surface area contributed by atoms with Crippen molar-refractivity contribution in [3.8, 4) is 0 Å². The molecule has 0 spiro atoms. The molecule has 0 aliphatic carbocycles. The second-order valence-corrected chi connectivity index (χ2v) is 4.36. The number of carboxylic acid groups (broad SMARTS) is 1. The highest BCUT2D eigenvalue weighted by Crippen LogP contribution is 2.37. The SMILES string of the molecule is N[C@](C(=O)O)(c1ccc(I)cc1)C(F)(F)F. The fourth-order valence-corrected chi connectivity index (χ4v) is 1.48. The van der Waals surface area contributed by atoms with Gasteiger partial charge >= 0.3 is 12.1 Å². The van der Waals surface area contributed by atoms with Gasteiger partial charge in [-0.3, -0.25) is 0 Å². The van der Waals surface area contributed by atoms with Gasteiger partial charge in [0.05, 0.1) is 0 Å². The van der Waals surface area contributed by atoms with E-state index in [1.807, 2.05) is 22.6 Å². The van der Waals surface area contributed by atoms with E-state index in [1.54, 1.807) is 0 Å². The normalized spacial score (nSPS) is 15.6. The number of hydrogen-bond acceptors (Lipinski definition) is 2. The number of carboxylic acids is 1. The highest BCUT2D eigenvalue weighted by molar-refractivity contribution is 14.1. The predicted molar refractivity (Wildman–Crippen MR) is 58.7 cm³/mol. The molecule has 0 amide bonds. The Kier molecular flexibility index (Phi) is 3.48. The Morgan fingerprint density at radius 1 is 1.25 bits per heavy atom. The van der Waals surface area contributed by atoms with Crippen molar-refractivity contribution in [2.24, 2.45) is 5.73 Å². The van der Waals surface area contributed by atoms with Gasteiger partial charge in [0.1, 0.15) is 0 Å². The van der Waals surface area contributed by atoms with Crippen LogP contribution in [0.25, 0.3) is 0 Å². The van der Waals surface area contributed by atoms with Gasteiger partial charge in [-0.15, -0.1) is 0 Å². The quantitative estimate of drug-likeness (QED) is 0.807. The van der Waals surface area contributed by atoms with Gasteiger partial charge in [-0.1, -0.05) is 12.1 Å². The van der Waals surface area contributed by atoms with E-state index in [9.17, 15) is 18.0 Å². The lowest BCUT2D eigenvalue weighted by Crippen LogP contribution is -2.56. The van der Waals surface area contributed by atoms with Crippen LogP contribution in [0.15, 0.2) is 24.3 Å². The predicted octanol–water partition coefficient (Wildman–Crippen LogP) is 2.09. The summed E-state index contributed by atoms with van der Waals surface area (Å²) in [6, 6.07) is 4.85. The van der Waals surface area contributed by atoms with E-state index in [2.05, 4.69) is 0 Å². The second kappa shape index (κ2) is 4.21. The summed E-state index contributed by atoms with van der Waals surface area (Å²) in [5.74, 6) is -2.12. The van der Waals surface area contributed by atoms with Crippen molar-refractivity contribution >= 4 is 28.6 Å². The summed E-state index contributed by atoms with van der Waals surface area (Å²) >= 11 is 1.89. The van der Waals surface area contributed by atoms with E-state index >= 15 is 0 Å². The van der Waals surface area contributed by atoms with Crippen molar-refractivity contribution < 1.29 is 23.1 Å². The first-order valence-corrected chi connectivity index (χ1v) is 5.12. The topological polar surface area (TPSA) is 63.3 Å². The Labute approximate surface area is 103 Å². The summed E-state index contributed by atoms with van der Waals surface area (Å²) in [6.07, 6.45) is -5.05. The van der Waals surface area contributed by atoms with Gasteiger partial charge < -0.3 is 10.8 Å². The maximum absolute atomic E-state index is 12.6. The lowest BCUT2D eigenvalue weighted by atomic mass is 9.90. The molecule has 1 aromatic rings. The Hall–Kier alpha value is -0.830. The molecule has 0 radical (unpaired) electrons. The van der Waals surface area contributed by atoms with Gasteiger partial charge in [-0.05, 0) is 40.3 Å².